The maximum Gasteiger partial charge on any atom is -0.0222 e. The first-order chi connectivity index (χ1) is 6.71. The van der Waals surface area contributed by atoms with Crippen LogP contribution in [-0.4, -0.2) is 0 Å². The molecule has 2 unspecified atom stereocenters. The third-order valence-corrected chi connectivity index (χ3v) is 4.03. The van der Waals surface area contributed by atoms with Crippen molar-refractivity contribution in [3.63, 3.8) is 0 Å². The van der Waals surface area contributed by atoms with Gasteiger partial charge in [-0.15, -0.1) is 0 Å². The molecule has 0 bridgehead atoms. The Morgan fingerprint density at radius 2 is 2.00 bits per heavy atom. The van der Waals surface area contributed by atoms with E-state index in [-0.39, 0.29) is 0 Å². The van der Waals surface area contributed by atoms with Gasteiger partial charge in [-0.25, -0.2) is 0 Å². The van der Waals surface area contributed by atoms with Crippen LogP contribution in [0.1, 0.15) is 38.7 Å². The molecule has 0 amide bonds. The molecule has 0 heterocycles. The van der Waals surface area contributed by atoms with Crippen molar-refractivity contribution in [3.05, 3.63) is 35.9 Å². The summed E-state index contributed by atoms with van der Waals surface area (Å²) in [4.78, 5) is 0. The predicted molar refractivity (Wildman–Crippen MR) is 61.3 cm³/mol. The Bertz CT molecular complexity index is 288. The van der Waals surface area contributed by atoms with Gasteiger partial charge < -0.3 is 0 Å². The summed E-state index contributed by atoms with van der Waals surface area (Å²) in [5, 5.41) is 0. The van der Waals surface area contributed by atoms with E-state index in [0.29, 0.717) is 5.41 Å². The normalized spacial score (nSPS) is 32.0. The second kappa shape index (κ2) is 3.76. The van der Waals surface area contributed by atoms with Crippen molar-refractivity contribution in [2.24, 2.45) is 11.3 Å². The van der Waals surface area contributed by atoms with Gasteiger partial charge in [0.15, 0.2) is 0 Å². The van der Waals surface area contributed by atoms with Crippen molar-refractivity contribution in [2.45, 2.75) is 39.5 Å². The molecule has 0 heteroatoms. The smallest absolute Gasteiger partial charge is 0.0222 e. The summed E-state index contributed by atoms with van der Waals surface area (Å²) in [5.74, 6) is 0.891. The fourth-order valence-corrected chi connectivity index (χ4v) is 2.73. The first-order valence-electron chi connectivity index (χ1n) is 5.75. The van der Waals surface area contributed by atoms with Crippen LogP contribution in [0.15, 0.2) is 30.3 Å². The fourth-order valence-electron chi connectivity index (χ4n) is 2.73. The lowest BCUT2D eigenvalue weighted by molar-refractivity contribution is 0.244. The fraction of sp³-hybridized carbons (Fsp3) is 0.571. The van der Waals surface area contributed by atoms with Gasteiger partial charge in [0.05, 0.1) is 0 Å². The van der Waals surface area contributed by atoms with Gasteiger partial charge in [-0.3, -0.25) is 0 Å². The molecule has 0 spiro atoms. The molecule has 0 nitrogen and oxygen atoms in total. The summed E-state index contributed by atoms with van der Waals surface area (Å²) < 4.78 is 0. The molecule has 0 radical (unpaired) electrons. The molecule has 1 aliphatic rings. The van der Waals surface area contributed by atoms with E-state index in [1.54, 1.807) is 0 Å². The van der Waals surface area contributed by atoms with Crippen LogP contribution in [0.25, 0.3) is 0 Å². The molecule has 76 valence electrons. The summed E-state index contributed by atoms with van der Waals surface area (Å²) in [6, 6.07) is 10.9. The Morgan fingerprint density at radius 3 is 2.57 bits per heavy atom. The maximum atomic E-state index is 2.46. The van der Waals surface area contributed by atoms with Crippen LogP contribution in [0.2, 0.25) is 0 Å². The molecule has 0 aromatic heterocycles. The number of rotatable bonds is 2. The molecule has 1 fully saturated rings. The largest absolute Gasteiger partial charge is 0.0622 e. The third kappa shape index (κ3) is 1.84. The van der Waals surface area contributed by atoms with Crippen LogP contribution in [0.5, 0.6) is 0 Å². The molecule has 0 saturated heterocycles. The number of hydrogen-bond donors (Lipinski definition) is 0. The third-order valence-electron chi connectivity index (χ3n) is 4.03. The second-order valence-corrected chi connectivity index (χ2v) is 5.11. The zero-order chi connectivity index (χ0) is 10.0. The molecule has 14 heavy (non-hydrogen) atoms. The number of hydrogen-bond acceptors (Lipinski definition) is 0. The quantitative estimate of drug-likeness (QED) is 0.656. The average molecular weight is 188 g/mol. The highest BCUT2D eigenvalue weighted by Gasteiger charge is 2.35. The van der Waals surface area contributed by atoms with E-state index in [9.17, 15) is 0 Å². The lowest BCUT2D eigenvalue weighted by Gasteiger charge is -2.29. The molecular weight excluding hydrogens is 168 g/mol. The maximum absolute atomic E-state index is 2.46. The van der Waals surface area contributed by atoms with Crippen molar-refractivity contribution in [2.75, 3.05) is 0 Å². The van der Waals surface area contributed by atoms with Gasteiger partial charge in [-0.2, -0.15) is 0 Å². The first kappa shape index (κ1) is 9.76. The minimum atomic E-state index is 0.557. The van der Waals surface area contributed by atoms with Crippen LogP contribution >= 0.6 is 0 Å². The zero-order valence-corrected chi connectivity index (χ0v) is 9.29. The van der Waals surface area contributed by atoms with Crippen molar-refractivity contribution < 1.29 is 0 Å². The molecule has 2 atom stereocenters. The van der Waals surface area contributed by atoms with E-state index in [2.05, 4.69) is 44.2 Å². The average Bonchev–Trinajstić information content (AvgIpc) is 2.48. The monoisotopic (exact) mass is 188 g/mol. The lowest BCUT2D eigenvalue weighted by Crippen LogP contribution is -2.22. The first-order valence-corrected chi connectivity index (χ1v) is 5.75. The summed E-state index contributed by atoms with van der Waals surface area (Å²) in [5.41, 5.74) is 2.06. The van der Waals surface area contributed by atoms with Crippen molar-refractivity contribution >= 4 is 0 Å². The van der Waals surface area contributed by atoms with Gasteiger partial charge in [0.25, 0.3) is 0 Å². The molecule has 1 aromatic carbocycles. The standard InChI is InChI=1S/C14H20/c1-12-7-6-10-14(12,2)11-13-8-4-3-5-9-13/h3-5,8-9,12H,6-7,10-11H2,1-2H3. The van der Waals surface area contributed by atoms with E-state index in [0.717, 1.165) is 5.92 Å². The zero-order valence-electron chi connectivity index (χ0n) is 9.29. The molecule has 0 aliphatic heterocycles. The molecule has 1 aliphatic carbocycles. The molecular formula is C14H20. The van der Waals surface area contributed by atoms with E-state index < -0.39 is 0 Å². The predicted octanol–water partition coefficient (Wildman–Crippen LogP) is 4.06. The van der Waals surface area contributed by atoms with E-state index in [4.69, 9.17) is 0 Å². The van der Waals surface area contributed by atoms with Gasteiger partial charge >= 0.3 is 0 Å². The topological polar surface area (TPSA) is 0 Å². The summed E-state index contributed by atoms with van der Waals surface area (Å²) >= 11 is 0. The van der Waals surface area contributed by atoms with Crippen LogP contribution in [0.3, 0.4) is 0 Å². The molecule has 1 saturated carbocycles. The molecule has 1 aromatic rings. The second-order valence-electron chi connectivity index (χ2n) is 5.11. The minimum absolute atomic E-state index is 0.557. The Morgan fingerprint density at radius 1 is 1.29 bits per heavy atom. The van der Waals surface area contributed by atoms with Crippen LogP contribution < -0.4 is 0 Å². The minimum Gasteiger partial charge on any atom is -0.0622 e. The van der Waals surface area contributed by atoms with Gasteiger partial charge in [-0.1, -0.05) is 57.0 Å². The van der Waals surface area contributed by atoms with Crippen LogP contribution in [0, 0.1) is 11.3 Å². The lowest BCUT2D eigenvalue weighted by atomic mass is 9.76. The molecule has 0 N–H and O–H groups in total. The van der Waals surface area contributed by atoms with Gasteiger partial charge in [0.2, 0.25) is 0 Å². The van der Waals surface area contributed by atoms with Crippen molar-refractivity contribution in [1.29, 1.82) is 0 Å². The highest BCUT2D eigenvalue weighted by atomic mass is 14.4. The Hall–Kier alpha value is -0.780. The van der Waals surface area contributed by atoms with E-state index in [1.807, 2.05) is 0 Å². The Balaban J connectivity index is 2.10. The van der Waals surface area contributed by atoms with Gasteiger partial charge in [0, 0.05) is 0 Å². The van der Waals surface area contributed by atoms with Crippen LogP contribution in [-0.2, 0) is 6.42 Å². The van der Waals surface area contributed by atoms with Crippen LogP contribution in [0.4, 0.5) is 0 Å². The summed E-state index contributed by atoms with van der Waals surface area (Å²) in [7, 11) is 0. The SMILES string of the molecule is CC1CCCC1(C)Cc1ccccc1. The van der Waals surface area contributed by atoms with Gasteiger partial charge in [0.1, 0.15) is 0 Å². The Kier molecular flexibility index (Phi) is 2.62. The summed E-state index contributed by atoms with van der Waals surface area (Å²) in [6.07, 6.45) is 5.51. The van der Waals surface area contributed by atoms with E-state index in [1.165, 1.54) is 31.2 Å². The van der Waals surface area contributed by atoms with Gasteiger partial charge in [-0.05, 0) is 29.7 Å². The highest BCUT2D eigenvalue weighted by Crippen LogP contribution is 2.44. The van der Waals surface area contributed by atoms with E-state index >= 15 is 0 Å². The summed E-state index contributed by atoms with van der Waals surface area (Å²) in [6.45, 7) is 4.87. The van der Waals surface area contributed by atoms with Crippen molar-refractivity contribution in [3.8, 4) is 0 Å². The van der Waals surface area contributed by atoms with Crippen molar-refractivity contribution in [1.82, 2.24) is 0 Å². The number of benzene rings is 1. The Labute approximate surface area is 87.3 Å². The molecule has 2 rings (SSSR count). The highest BCUT2D eigenvalue weighted by molar-refractivity contribution is 5.17.